The fraction of sp³-hybridized carbons (Fsp3) is 0.500. The topological polar surface area (TPSA) is 0 Å². The molecule has 8 rings (SSSR count). The maximum absolute atomic E-state index is 2.42. The zero-order valence-corrected chi connectivity index (χ0v) is 34.2. The second-order valence-electron chi connectivity index (χ2n) is 15.8. The Labute approximate surface area is 325 Å². The van der Waals surface area contributed by atoms with Crippen LogP contribution in [0.1, 0.15) is 174 Å². The largest absolute Gasteiger partial charge is 1.00 e. The molecule has 0 nitrogen and oxygen atoms in total. The predicted molar refractivity (Wildman–Crippen MR) is 205 cm³/mol. The third kappa shape index (κ3) is 10.6. The molecule has 4 saturated carbocycles. The molecule has 0 aliphatic heterocycles. The van der Waals surface area contributed by atoms with Gasteiger partial charge in [-0.25, -0.2) is 0 Å². The Balaban J connectivity index is 0.000000170. The van der Waals surface area contributed by atoms with Gasteiger partial charge in [-0.1, -0.05) is 150 Å². The summed E-state index contributed by atoms with van der Waals surface area (Å²) in [7, 11) is 0. The van der Waals surface area contributed by atoms with Gasteiger partial charge in [0.2, 0.25) is 0 Å². The van der Waals surface area contributed by atoms with Gasteiger partial charge in [0.05, 0.1) is 0 Å². The third-order valence-electron chi connectivity index (χ3n) is 12.4. The SMILES string of the molecule is [Br-].c1cc(C2CCCCC2)ccc1-c1ccc(C2CCCCC2)cc1.c1cc(C2CCCCC2)ccc1[I+]c1ccc(C2CCCCC2)cc1. The van der Waals surface area contributed by atoms with Crippen LogP contribution in [0, 0.1) is 7.14 Å². The van der Waals surface area contributed by atoms with Crippen molar-refractivity contribution in [3.63, 3.8) is 0 Å². The van der Waals surface area contributed by atoms with Crippen LogP contribution in [-0.4, -0.2) is 0 Å². The van der Waals surface area contributed by atoms with E-state index in [0.717, 1.165) is 23.7 Å². The van der Waals surface area contributed by atoms with Gasteiger partial charge < -0.3 is 17.0 Å². The molecule has 0 amide bonds. The Hall–Kier alpha value is -1.91. The average molecular weight is 844 g/mol. The minimum atomic E-state index is -0.0341. The molecule has 4 aromatic rings. The molecule has 4 aromatic carbocycles. The molecule has 2 heteroatoms. The van der Waals surface area contributed by atoms with Gasteiger partial charge in [-0.15, -0.1) is 0 Å². The van der Waals surface area contributed by atoms with Crippen molar-refractivity contribution in [2.24, 2.45) is 0 Å². The van der Waals surface area contributed by atoms with E-state index >= 15 is 0 Å². The highest BCUT2D eigenvalue weighted by Gasteiger charge is 2.21. The summed E-state index contributed by atoms with van der Waals surface area (Å²) in [5.74, 6) is 3.27. The molecule has 0 N–H and O–H groups in total. The van der Waals surface area contributed by atoms with Crippen LogP contribution in [0.5, 0.6) is 0 Å². The summed E-state index contributed by atoms with van der Waals surface area (Å²) in [6.07, 6.45) is 28.2. The van der Waals surface area contributed by atoms with E-state index in [9.17, 15) is 0 Å². The fourth-order valence-electron chi connectivity index (χ4n) is 9.36. The highest BCUT2D eigenvalue weighted by atomic mass is 127. The number of hydrogen-bond donors (Lipinski definition) is 0. The zero-order chi connectivity index (χ0) is 33.1. The average Bonchev–Trinajstić information content (AvgIpc) is 3.20. The Morgan fingerprint density at radius 1 is 0.280 bits per heavy atom. The zero-order valence-electron chi connectivity index (χ0n) is 30.4. The van der Waals surface area contributed by atoms with Crippen LogP contribution in [0.2, 0.25) is 0 Å². The summed E-state index contributed by atoms with van der Waals surface area (Å²) in [6.45, 7) is 0. The minimum Gasteiger partial charge on any atom is -1.00 e. The third-order valence-corrected chi connectivity index (χ3v) is 15.1. The quantitative estimate of drug-likeness (QED) is 0.164. The highest BCUT2D eigenvalue weighted by molar-refractivity contribution is 5.64. The van der Waals surface area contributed by atoms with Crippen LogP contribution in [-0.2, 0) is 0 Å². The molecule has 50 heavy (non-hydrogen) atoms. The van der Waals surface area contributed by atoms with Crippen molar-refractivity contribution in [2.45, 2.75) is 152 Å². The lowest BCUT2D eigenvalue weighted by Crippen LogP contribution is -3.61. The molecule has 0 saturated heterocycles. The lowest BCUT2D eigenvalue weighted by Gasteiger charge is -2.22. The first-order valence-electron chi connectivity index (χ1n) is 20.3. The van der Waals surface area contributed by atoms with E-state index < -0.39 is 0 Å². The van der Waals surface area contributed by atoms with Crippen molar-refractivity contribution in [1.82, 2.24) is 0 Å². The Kier molecular flexibility index (Phi) is 15.0. The first-order chi connectivity index (χ1) is 24.3. The molecular formula is C48H60BrI. The van der Waals surface area contributed by atoms with E-state index in [1.165, 1.54) is 140 Å². The van der Waals surface area contributed by atoms with E-state index in [1.54, 1.807) is 29.4 Å². The van der Waals surface area contributed by atoms with Crippen LogP contribution in [0.15, 0.2) is 97.1 Å². The van der Waals surface area contributed by atoms with Crippen molar-refractivity contribution in [2.75, 3.05) is 0 Å². The highest BCUT2D eigenvalue weighted by Crippen LogP contribution is 2.36. The first-order valence-corrected chi connectivity index (χ1v) is 22.5. The Bertz CT molecular complexity index is 1400. The van der Waals surface area contributed by atoms with Crippen LogP contribution in [0.25, 0.3) is 11.1 Å². The molecule has 0 heterocycles. The maximum atomic E-state index is 2.42. The van der Waals surface area contributed by atoms with Crippen molar-refractivity contribution in [3.8, 4) is 11.1 Å². The van der Waals surface area contributed by atoms with Gasteiger partial charge >= 0.3 is 21.2 Å². The Morgan fingerprint density at radius 3 is 0.740 bits per heavy atom. The van der Waals surface area contributed by atoms with Crippen molar-refractivity contribution < 1.29 is 38.2 Å². The molecule has 4 aliphatic rings. The van der Waals surface area contributed by atoms with Crippen molar-refractivity contribution in [3.05, 3.63) is 126 Å². The Morgan fingerprint density at radius 2 is 0.500 bits per heavy atom. The molecule has 0 aromatic heterocycles. The molecule has 266 valence electrons. The summed E-state index contributed by atoms with van der Waals surface area (Å²) >= 11 is -0.0341. The summed E-state index contributed by atoms with van der Waals surface area (Å²) in [6, 6.07) is 38.1. The summed E-state index contributed by atoms with van der Waals surface area (Å²) < 4.78 is 3.12. The first kappa shape index (κ1) is 37.8. The normalized spacial score (nSPS) is 19.6. The fourth-order valence-corrected chi connectivity index (χ4v) is 11.5. The van der Waals surface area contributed by atoms with Crippen LogP contribution in [0.4, 0.5) is 0 Å². The maximum Gasteiger partial charge on any atom is 0.357 e. The molecule has 0 radical (unpaired) electrons. The summed E-state index contributed by atoms with van der Waals surface area (Å²) in [5.41, 5.74) is 9.00. The lowest BCUT2D eigenvalue weighted by atomic mass is 9.83. The van der Waals surface area contributed by atoms with Crippen LogP contribution < -0.4 is 38.2 Å². The van der Waals surface area contributed by atoms with Crippen molar-refractivity contribution >= 4 is 0 Å². The second kappa shape index (κ2) is 19.8. The molecule has 0 atom stereocenters. The molecular weight excluding hydrogens is 783 g/mol. The number of hydrogen-bond acceptors (Lipinski definition) is 0. The van der Waals surface area contributed by atoms with E-state index in [0.29, 0.717) is 0 Å². The van der Waals surface area contributed by atoms with Gasteiger partial charge in [-0.2, -0.15) is 0 Å². The van der Waals surface area contributed by atoms with Crippen LogP contribution in [0.3, 0.4) is 0 Å². The number of halogens is 2. The number of rotatable bonds is 7. The summed E-state index contributed by atoms with van der Waals surface area (Å²) in [5, 5.41) is 0. The number of benzene rings is 4. The van der Waals surface area contributed by atoms with Crippen LogP contribution >= 0.6 is 0 Å². The monoisotopic (exact) mass is 842 g/mol. The lowest BCUT2D eigenvalue weighted by molar-refractivity contribution is -0.597. The molecule has 0 bridgehead atoms. The smallest absolute Gasteiger partial charge is 0.357 e. The van der Waals surface area contributed by atoms with E-state index in [-0.39, 0.29) is 38.2 Å². The van der Waals surface area contributed by atoms with Crippen molar-refractivity contribution in [1.29, 1.82) is 0 Å². The van der Waals surface area contributed by atoms with Gasteiger partial charge in [-0.05, 0) is 133 Å². The molecule has 0 unspecified atom stereocenters. The predicted octanol–water partition coefficient (Wildman–Crippen LogP) is 8.36. The second-order valence-corrected chi connectivity index (χ2v) is 18.8. The van der Waals surface area contributed by atoms with E-state index in [4.69, 9.17) is 0 Å². The van der Waals surface area contributed by atoms with Gasteiger partial charge in [0.15, 0.2) is 7.14 Å². The van der Waals surface area contributed by atoms with Gasteiger partial charge in [-0.3, -0.25) is 0 Å². The summed E-state index contributed by atoms with van der Waals surface area (Å²) in [4.78, 5) is 0. The molecule has 4 aliphatic carbocycles. The van der Waals surface area contributed by atoms with Gasteiger partial charge in [0, 0.05) is 0 Å². The van der Waals surface area contributed by atoms with Gasteiger partial charge in [0.25, 0.3) is 0 Å². The van der Waals surface area contributed by atoms with Gasteiger partial charge in [0.1, 0.15) is 0 Å². The minimum absolute atomic E-state index is 0. The van der Waals surface area contributed by atoms with E-state index in [1.807, 2.05) is 0 Å². The standard InChI is InChI=1S/C24H30I.C24H30.BrH/c1-3-7-19(8-4-1)21-11-15-23(16-12-21)25-24-17-13-22(14-18-24)20-9-5-2-6-10-20;1-3-7-19(8-4-1)21-11-15-23(16-12-21)24-17-13-22(14-18-24)20-9-5-2-6-10-20;/h11-20H,1-10H2;11-20H,1-10H2;1H/q+1;;/p-1. The molecule has 0 spiro atoms. The van der Waals surface area contributed by atoms with E-state index in [2.05, 4.69) is 97.1 Å². The molecule has 4 fully saturated rings.